The highest BCUT2D eigenvalue weighted by molar-refractivity contribution is 7.26. The lowest BCUT2D eigenvalue weighted by Gasteiger charge is -1.95. The molecule has 134 valence electrons. The number of nitrogens with zero attached hydrogens (tertiary/aromatic N) is 2. The van der Waals surface area contributed by atoms with E-state index in [9.17, 15) is 0 Å². The van der Waals surface area contributed by atoms with Crippen LogP contribution in [0.4, 0.5) is 0 Å². The van der Waals surface area contributed by atoms with Crippen LogP contribution in [0, 0.1) is 23.7 Å². The standard InChI is InChI=1S/C26H14N2S/c1-7-21(13-11-19-5-3-15-27-17-19)25-23(9-1)24-10-2-8-22(26(24)29-25)14-12-20-6-4-16-28-18-20/h1-10,15-18H. The number of rotatable bonds is 0. The molecular weight excluding hydrogens is 372 g/mol. The second kappa shape index (κ2) is 7.60. The van der Waals surface area contributed by atoms with E-state index in [0.29, 0.717) is 0 Å². The largest absolute Gasteiger partial charge is 0.263 e. The Bertz CT molecular complexity index is 1330. The highest BCUT2D eigenvalue weighted by atomic mass is 32.1. The number of aromatic nitrogens is 2. The summed E-state index contributed by atoms with van der Waals surface area (Å²) >= 11 is 1.75. The van der Waals surface area contributed by atoms with Crippen molar-refractivity contribution in [2.24, 2.45) is 0 Å². The minimum atomic E-state index is 0.911. The first kappa shape index (κ1) is 17.2. The van der Waals surface area contributed by atoms with Gasteiger partial charge in [0.15, 0.2) is 0 Å². The minimum Gasteiger partial charge on any atom is -0.263 e. The molecule has 0 spiro atoms. The van der Waals surface area contributed by atoms with Gasteiger partial charge in [0.05, 0.1) is 9.40 Å². The van der Waals surface area contributed by atoms with Gasteiger partial charge in [-0.3, -0.25) is 9.97 Å². The van der Waals surface area contributed by atoms with Crippen molar-refractivity contribution < 1.29 is 0 Å². The second-order valence-corrected chi connectivity index (χ2v) is 7.47. The zero-order chi connectivity index (χ0) is 19.5. The van der Waals surface area contributed by atoms with E-state index in [2.05, 4.69) is 70.0 Å². The Labute approximate surface area is 172 Å². The van der Waals surface area contributed by atoms with Crippen molar-refractivity contribution in [1.82, 2.24) is 9.97 Å². The van der Waals surface area contributed by atoms with E-state index in [1.807, 2.05) is 24.3 Å². The molecule has 3 aromatic heterocycles. The van der Waals surface area contributed by atoms with Crippen LogP contribution in [0.25, 0.3) is 20.2 Å². The van der Waals surface area contributed by atoms with E-state index in [1.165, 1.54) is 20.2 Å². The van der Waals surface area contributed by atoms with Crippen molar-refractivity contribution in [3.05, 3.63) is 108 Å². The van der Waals surface area contributed by atoms with Gasteiger partial charge in [0, 0.05) is 57.8 Å². The lowest BCUT2D eigenvalue weighted by atomic mass is 10.1. The summed E-state index contributed by atoms with van der Waals surface area (Å²) in [6.07, 6.45) is 7.08. The summed E-state index contributed by atoms with van der Waals surface area (Å²) in [5, 5.41) is 2.43. The Morgan fingerprint density at radius 1 is 0.552 bits per heavy atom. The van der Waals surface area contributed by atoms with Crippen LogP contribution in [0.5, 0.6) is 0 Å². The molecule has 0 aliphatic rings. The maximum absolute atomic E-state index is 4.13. The molecule has 0 saturated heterocycles. The minimum absolute atomic E-state index is 0.911. The maximum Gasteiger partial charge on any atom is 0.0512 e. The van der Waals surface area contributed by atoms with Gasteiger partial charge in [-0.1, -0.05) is 47.9 Å². The average Bonchev–Trinajstić information content (AvgIpc) is 3.18. The molecule has 29 heavy (non-hydrogen) atoms. The van der Waals surface area contributed by atoms with Gasteiger partial charge in [0.2, 0.25) is 0 Å². The van der Waals surface area contributed by atoms with Crippen molar-refractivity contribution in [2.75, 3.05) is 0 Å². The van der Waals surface area contributed by atoms with Crippen molar-refractivity contribution in [1.29, 1.82) is 0 Å². The molecule has 0 aliphatic carbocycles. The van der Waals surface area contributed by atoms with Crippen molar-refractivity contribution in [3.8, 4) is 23.7 Å². The summed E-state index contributed by atoms with van der Waals surface area (Å²) in [5.74, 6) is 13.1. The van der Waals surface area contributed by atoms with Gasteiger partial charge >= 0.3 is 0 Å². The highest BCUT2D eigenvalue weighted by Crippen LogP contribution is 2.37. The molecule has 2 aromatic carbocycles. The number of fused-ring (bicyclic) bond motifs is 3. The first-order valence-corrected chi connectivity index (χ1v) is 9.98. The average molecular weight is 386 g/mol. The SMILES string of the molecule is C(#Cc1cccc2c1sc1c(C#Cc3cccnc3)cccc12)c1cccnc1. The third-order valence-corrected chi connectivity index (χ3v) is 5.82. The third-order valence-electron chi connectivity index (χ3n) is 4.53. The van der Waals surface area contributed by atoms with Gasteiger partial charge < -0.3 is 0 Å². The van der Waals surface area contributed by atoms with E-state index in [1.54, 1.807) is 36.1 Å². The van der Waals surface area contributed by atoms with Gasteiger partial charge in [-0.15, -0.1) is 11.3 Å². The number of benzene rings is 2. The lowest BCUT2D eigenvalue weighted by molar-refractivity contribution is 1.31. The highest BCUT2D eigenvalue weighted by Gasteiger charge is 2.10. The molecule has 0 saturated carbocycles. The number of pyridine rings is 2. The summed E-state index contributed by atoms with van der Waals surface area (Å²) in [4.78, 5) is 8.26. The first-order chi connectivity index (χ1) is 14.4. The van der Waals surface area contributed by atoms with Gasteiger partial charge in [0.1, 0.15) is 0 Å². The molecular formula is C26H14N2S. The van der Waals surface area contributed by atoms with Crippen molar-refractivity contribution >= 4 is 31.5 Å². The second-order valence-electron chi connectivity index (χ2n) is 6.45. The summed E-state index contributed by atoms with van der Waals surface area (Å²) in [5.41, 5.74) is 3.87. The smallest absolute Gasteiger partial charge is 0.0512 e. The van der Waals surface area contributed by atoms with Gasteiger partial charge in [-0.25, -0.2) is 0 Å². The van der Waals surface area contributed by atoms with E-state index in [-0.39, 0.29) is 0 Å². The normalized spacial score (nSPS) is 10.2. The van der Waals surface area contributed by atoms with Crippen LogP contribution in [-0.2, 0) is 0 Å². The summed E-state index contributed by atoms with van der Waals surface area (Å²) in [7, 11) is 0. The molecule has 5 rings (SSSR count). The summed E-state index contributed by atoms with van der Waals surface area (Å²) < 4.78 is 2.38. The number of hydrogen-bond donors (Lipinski definition) is 0. The Morgan fingerprint density at radius 2 is 1.07 bits per heavy atom. The molecule has 0 atom stereocenters. The Balaban J connectivity index is 1.65. The topological polar surface area (TPSA) is 25.8 Å². The summed E-state index contributed by atoms with van der Waals surface area (Å²) in [6.45, 7) is 0. The fourth-order valence-electron chi connectivity index (χ4n) is 3.17. The van der Waals surface area contributed by atoms with Gasteiger partial charge in [0.25, 0.3) is 0 Å². The first-order valence-electron chi connectivity index (χ1n) is 9.17. The predicted octanol–water partition coefficient (Wildman–Crippen LogP) is 5.64. The number of hydrogen-bond acceptors (Lipinski definition) is 3. The molecule has 5 aromatic rings. The molecule has 0 aliphatic heterocycles. The monoisotopic (exact) mass is 386 g/mol. The van der Waals surface area contributed by atoms with Crippen LogP contribution in [-0.4, -0.2) is 9.97 Å². The molecule has 0 amide bonds. The van der Waals surface area contributed by atoms with E-state index in [0.717, 1.165) is 22.3 Å². The van der Waals surface area contributed by atoms with Crippen molar-refractivity contribution in [3.63, 3.8) is 0 Å². The quantitative estimate of drug-likeness (QED) is 0.322. The fourth-order valence-corrected chi connectivity index (χ4v) is 4.41. The van der Waals surface area contributed by atoms with E-state index < -0.39 is 0 Å². The van der Waals surface area contributed by atoms with Crippen LogP contribution >= 0.6 is 11.3 Å². The molecule has 0 N–H and O–H groups in total. The lowest BCUT2D eigenvalue weighted by Crippen LogP contribution is -1.78. The van der Waals surface area contributed by atoms with Crippen LogP contribution in [0.3, 0.4) is 0 Å². The van der Waals surface area contributed by atoms with E-state index >= 15 is 0 Å². The third kappa shape index (κ3) is 3.48. The number of thiophene rings is 1. The molecule has 3 heteroatoms. The maximum atomic E-state index is 4.13. The predicted molar refractivity (Wildman–Crippen MR) is 120 cm³/mol. The van der Waals surface area contributed by atoms with Crippen LogP contribution in [0.2, 0.25) is 0 Å². The molecule has 0 bridgehead atoms. The molecule has 0 fully saturated rings. The van der Waals surface area contributed by atoms with Crippen LogP contribution in [0.15, 0.2) is 85.5 Å². The van der Waals surface area contributed by atoms with E-state index in [4.69, 9.17) is 0 Å². The van der Waals surface area contributed by atoms with Crippen LogP contribution < -0.4 is 0 Å². The zero-order valence-corrected chi connectivity index (χ0v) is 16.2. The Morgan fingerprint density at radius 3 is 1.52 bits per heavy atom. The Kier molecular flexibility index (Phi) is 4.51. The fraction of sp³-hybridized carbons (Fsp3) is 0. The van der Waals surface area contributed by atoms with Gasteiger partial charge in [-0.05, 0) is 36.4 Å². The molecule has 0 unspecified atom stereocenters. The molecule has 2 nitrogen and oxygen atoms in total. The van der Waals surface area contributed by atoms with Crippen molar-refractivity contribution in [2.45, 2.75) is 0 Å². The summed E-state index contributed by atoms with van der Waals surface area (Å²) in [6, 6.07) is 20.3. The van der Waals surface area contributed by atoms with Crippen LogP contribution in [0.1, 0.15) is 22.3 Å². The molecule has 3 heterocycles. The molecule has 0 radical (unpaired) electrons. The Hall–Kier alpha value is -3.92. The van der Waals surface area contributed by atoms with Gasteiger partial charge in [-0.2, -0.15) is 0 Å². The zero-order valence-electron chi connectivity index (χ0n) is 15.4.